The Labute approximate surface area is 184 Å². The minimum atomic E-state index is -3.84. The summed E-state index contributed by atoms with van der Waals surface area (Å²) in [5.41, 5.74) is 0.654. The highest BCUT2D eigenvalue weighted by molar-refractivity contribution is 7.89. The number of hydrogen-bond donors (Lipinski definition) is 1. The van der Waals surface area contributed by atoms with Crippen LogP contribution in [0.5, 0.6) is 0 Å². The molecule has 1 atom stereocenters. The fourth-order valence-corrected chi connectivity index (χ4v) is 5.36. The summed E-state index contributed by atoms with van der Waals surface area (Å²) in [7, 11) is -3.84. The second-order valence-corrected chi connectivity index (χ2v) is 10.1. The van der Waals surface area contributed by atoms with Crippen LogP contribution in [-0.4, -0.2) is 55.8 Å². The van der Waals surface area contributed by atoms with Crippen LogP contribution in [0, 0.1) is 11.6 Å². The van der Waals surface area contributed by atoms with Gasteiger partial charge in [-0.15, -0.1) is 0 Å². The number of carbonyl (C=O) groups is 1. The molecule has 0 aromatic heterocycles. The first-order valence-corrected chi connectivity index (χ1v) is 11.8. The van der Waals surface area contributed by atoms with Crippen LogP contribution < -0.4 is 5.32 Å². The van der Waals surface area contributed by atoms with Gasteiger partial charge < -0.3 is 5.32 Å². The number of benzene rings is 2. The number of piperazine rings is 1. The first-order chi connectivity index (χ1) is 14.8. The standard InChI is InChI=1S/C21H22ClF2N3O3S/c22-18-13-17(7-8-19(18)24)31(29,30)27-11-9-26(10-12-27)20(21(28)25-16-5-6-16)14-1-3-15(23)4-2-14/h1-4,7-8,13,16,20H,5-6,9-12H2,(H,25,28)/t20-/m1/s1. The van der Waals surface area contributed by atoms with Gasteiger partial charge in [0.1, 0.15) is 17.7 Å². The van der Waals surface area contributed by atoms with E-state index in [2.05, 4.69) is 5.32 Å². The zero-order chi connectivity index (χ0) is 22.2. The molecule has 1 heterocycles. The first kappa shape index (κ1) is 22.1. The van der Waals surface area contributed by atoms with Crippen LogP contribution in [0.4, 0.5) is 8.78 Å². The largest absolute Gasteiger partial charge is 0.352 e. The van der Waals surface area contributed by atoms with Crippen LogP contribution in [0.15, 0.2) is 47.4 Å². The molecule has 1 saturated heterocycles. The zero-order valence-electron chi connectivity index (χ0n) is 16.6. The van der Waals surface area contributed by atoms with Gasteiger partial charge in [0.2, 0.25) is 15.9 Å². The molecule has 1 amide bonds. The zero-order valence-corrected chi connectivity index (χ0v) is 18.2. The lowest BCUT2D eigenvalue weighted by molar-refractivity contribution is -0.127. The Morgan fingerprint density at radius 1 is 1.03 bits per heavy atom. The summed E-state index contributed by atoms with van der Waals surface area (Å²) in [4.78, 5) is 14.7. The van der Waals surface area contributed by atoms with Gasteiger partial charge in [-0.2, -0.15) is 4.31 Å². The molecule has 1 aliphatic heterocycles. The molecule has 6 nitrogen and oxygen atoms in total. The molecule has 1 N–H and O–H groups in total. The Morgan fingerprint density at radius 2 is 1.68 bits per heavy atom. The summed E-state index contributed by atoms with van der Waals surface area (Å²) in [5, 5.41) is 2.73. The average Bonchev–Trinajstić information content (AvgIpc) is 3.56. The van der Waals surface area contributed by atoms with Crippen molar-refractivity contribution in [1.29, 1.82) is 0 Å². The molecule has 1 saturated carbocycles. The summed E-state index contributed by atoms with van der Waals surface area (Å²) in [6.07, 6.45) is 1.88. The second kappa shape index (κ2) is 8.82. The highest BCUT2D eigenvalue weighted by atomic mass is 35.5. The van der Waals surface area contributed by atoms with Gasteiger partial charge in [-0.3, -0.25) is 9.69 Å². The van der Waals surface area contributed by atoms with Gasteiger partial charge in [-0.1, -0.05) is 23.7 Å². The van der Waals surface area contributed by atoms with Crippen LogP contribution >= 0.6 is 11.6 Å². The van der Waals surface area contributed by atoms with Gasteiger partial charge in [-0.05, 0) is 48.7 Å². The number of rotatable bonds is 6. The van der Waals surface area contributed by atoms with E-state index < -0.39 is 21.9 Å². The number of amides is 1. The molecular weight excluding hydrogens is 448 g/mol. The molecule has 2 aliphatic rings. The second-order valence-electron chi connectivity index (χ2n) is 7.75. The van der Waals surface area contributed by atoms with Crippen molar-refractivity contribution in [3.05, 3.63) is 64.7 Å². The van der Waals surface area contributed by atoms with E-state index in [1.54, 1.807) is 12.1 Å². The summed E-state index contributed by atoms with van der Waals surface area (Å²) in [6.45, 7) is 0.944. The van der Waals surface area contributed by atoms with E-state index in [4.69, 9.17) is 11.6 Å². The minimum absolute atomic E-state index is 0.0751. The Kier molecular flexibility index (Phi) is 6.30. The van der Waals surface area contributed by atoms with Crippen LogP contribution in [0.25, 0.3) is 0 Å². The van der Waals surface area contributed by atoms with Gasteiger partial charge in [-0.25, -0.2) is 17.2 Å². The highest BCUT2D eigenvalue weighted by Crippen LogP contribution is 2.28. The molecular formula is C21H22ClF2N3O3S. The van der Waals surface area contributed by atoms with Crippen molar-refractivity contribution >= 4 is 27.5 Å². The van der Waals surface area contributed by atoms with Crippen LogP contribution in [0.3, 0.4) is 0 Å². The Morgan fingerprint density at radius 3 is 2.26 bits per heavy atom. The Hall–Kier alpha value is -2.07. The van der Waals surface area contributed by atoms with Crippen molar-refractivity contribution in [2.24, 2.45) is 0 Å². The van der Waals surface area contributed by atoms with Crippen molar-refractivity contribution in [2.45, 2.75) is 29.8 Å². The fraction of sp³-hybridized carbons (Fsp3) is 0.381. The maximum Gasteiger partial charge on any atom is 0.243 e. The number of nitrogens with one attached hydrogen (secondary N) is 1. The maximum absolute atomic E-state index is 13.4. The molecule has 0 bridgehead atoms. The fourth-order valence-electron chi connectivity index (χ4n) is 3.67. The lowest BCUT2D eigenvalue weighted by atomic mass is 10.0. The van der Waals surface area contributed by atoms with Gasteiger partial charge in [0.05, 0.1) is 9.92 Å². The molecule has 2 aromatic rings. The topological polar surface area (TPSA) is 69.7 Å². The third-order valence-electron chi connectivity index (χ3n) is 5.53. The summed E-state index contributed by atoms with van der Waals surface area (Å²) in [6, 6.07) is 8.63. The monoisotopic (exact) mass is 469 g/mol. The Balaban J connectivity index is 1.50. The normalized spacial score (nSPS) is 19.2. The van der Waals surface area contributed by atoms with Crippen molar-refractivity contribution in [1.82, 2.24) is 14.5 Å². The number of halogens is 3. The number of carbonyl (C=O) groups excluding carboxylic acids is 1. The molecule has 10 heteroatoms. The number of nitrogens with zero attached hydrogens (tertiary/aromatic N) is 2. The predicted molar refractivity (Wildman–Crippen MR) is 112 cm³/mol. The molecule has 31 heavy (non-hydrogen) atoms. The van der Waals surface area contributed by atoms with Crippen LogP contribution in [-0.2, 0) is 14.8 Å². The maximum atomic E-state index is 13.4. The molecule has 2 fully saturated rings. The van der Waals surface area contributed by atoms with E-state index in [0.29, 0.717) is 18.7 Å². The van der Waals surface area contributed by atoms with Gasteiger partial charge in [0.15, 0.2) is 0 Å². The molecule has 2 aromatic carbocycles. The Bertz CT molecular complexity index is 1070. The van der Waals surface area contributed by atoms with E-state index in [-0.39, 0.29) is 40.8 Å². The van der Waals surface area contributed by atoms with E-state index in [0.717, 1.165) is 25.0 Å². The lowest BCUT2D eigenvalue weighted by Gasteiger charge is -2.38. The number of sulfonamides is 1. The third kappa shape index (κ3) is 4.90. The minimum Gasteiger partial charge on any atom is -0.352 e. The molecule has 0 spiro atoms. The molecule has 166 valence electrons. The average molecular weight is 470 g/mol. The van der Waals surface area contributed by atoms with Gasteiger partial charge >= 0.3 is 0 Å². The van der Waals surface area contributed by atoms with Crippen LogP contribution in [0.1, 0.15) is 24.4 Å². The SMILES string of the molecule is O=C(NC1CC1)[C@@H](c1ccc(F)cc1)N1CCN(S(=O)(=O)c2ccc(F)c(Cl)c2)CC1. The highest BCUT2D eigenvalue weighted by Gasteiger charge is 2.36. The summed E-state index contributed by atoms with van der Waals surface area (Å²) in [5.74, 6) is -1.25. The van der Waals surface area contributed by atoms with E-state index in [1.807, 2.05) is 4.90 Å². The lowest BCUT2D eigenvalue weighted by Crippen LogP contribution is -2.52. The predicted octanol–water partition coefficient (Wildman–Crippen LogP) is 2.94. The quantitative estimate of drug-likeness (QED) is 0.706. The van der Waals surface area contributed by atoms with Crippen LogP contribution in [0.2, 0.25) is 5.02 Å². The van der Waals surface area contributed by atoms with E-state index >= 15 is 0 Å². The molecule has 0 unspecified atom stereocenters. The summed E-state index contributed by atoms with van der Waals surface area (Å²) < 4.78 is 54.0. The van der Waals surface area contributed by atoms with Gasteiger partial charge in [0, 0.05) is 32.2 Å². The van der Waals surface area contributed by atoms with E-state index in [9.17, 15) is 22.0 Å². The third-order valence-corrected chi connectivity index (χ3v) is 7.71. The van der Waals surface area contributed by atoms with Crippen molar-refractivity contribution < 1.29 is 22.0 Å². The van der Waals surface area contributed by atoms with Gasteiger partial charge in [0.25, 0.3) is 0 Å². The smallest absolute Gasteiger partial charge is 0.243 e. The van der Waals surface area contributed by atoms with Crippen molar-refractivity contribution in [3.8, 4) is 0 Å². The van der Waals surface area contributed by atoms with Crippen molar-refractivity contribution in [3.63, 3.8) is 0 Å². The van der Waals surface area contributed by atoms with Crippen molar-refractivity contribution in [2.75, 3.05) is 26.2 Å². The molecule has 4 rings (SSSR count). The molecule has 0 radical (unpaired) electrons. The van der Waals surface area contributed by atoms with E-state index in [1.165, 1.54) is 22.5 Å². The summed E-state index contributed by atoms with van der Waals surface area (Å²) >= 11 is 5.75. The number of hydrogen-bond acceptors (Lipinski definition) is 4. The first-order valence-electron chi connectivity index (χ1n) is 10.0. The molecule has 1 aliphatic carbocycles.